The predicted molar refractivity (Wildman–Crippen MR) is 143 cm³/mol. The quantitative estimate of drug-likeness (QED) is 0.259. The molecule has 0 fully saturated rings. The summed E-state index contributed by atoms with van der Waals surface area (Å²) in [5, 5.41) is 4.95. The molecule has 33 heavy (non-hydrogen) atoms. The van der Waals surface area contributed by atoms with E-state index in [0.29, 0.717) is 0 Å². The second-order valence-electron chi connectivity index (χ2n) is 9.65. The van der Waals surface area contributed by atoms with Crippen LogP contribution in [0.2, 0.25) is 19.6 Å². The zero-order valence-electron chi connectivity index (χ0n) is 19.1. The van der Waals surface area contributed by atoms with Gasteiger partial charge >= 0.3 is 0 Å². The van der Waals surface area contributed by atoms with Gasteiger partial charge in [-0.25, -0.2) is 4.98 Å². The molecular weight excluding hydrogens is 418 g/mol. The minimum absolute atomic E-state index is 0.896. The van der Waals surface area contributed by atoms with Crippen molar-refractivity contribution in [1.29, 1.82) is 0 Å². The summed E-state index contributed by atoms with van der Waals surface area (Å²) < 4.78 is 6.27. The SMILES string of the molecule is C[Si](C)(C)c1ccc2nc(-c3cccc4c3oc3ccccc34)ccc2c1-c1ccccc1. The lowest BCUT2D eigenvalue weighted by Crippen LogP contribution is -2.39. The first-order valence-electron chi connectivity index (χ1n) is 11.4. The van der Waals surface area contributed by atoms with Crippen molar-refractivity contribution in [3.05, 3.63) is 97.1 Å². The fraction of sp³-hybridized carbons (Fsp3) is 0.100. The molecule has 0 unspecified atom stereocenters. The van der Waals surface area contributed by atoms with Crippen LogP contribution in [0.1, 0.15) is 0 Å². The van der Waals surface area contributed by atoms with Crippen molar-refractivity contribution in [3.63, 3.8) is 0 Å². The largest absolute Gasteiger partial charge is 0.455 e. The van der Waals surface area contributed by atoms with Crippen molar-refractivity contribution in [2.45, 2.75) is 19.6 Å². The number of rotatable bonds is 3. The van der Waals surface area contributed by atoms with E-state index >= 15 is 0 Å². The summed E-state index contributed by atoms with van der Waals surface area (Å²) in [6.45, 7) is 7.22. The van der Waals surface area contributed by atoms with Crippen LogP contribution < -0.4 is 5.19 Å². The zero-order chi connectivity index (χ0) is 22.6. The maximum atomic E-state index is 6.27. The minimum Gasteiger partial charge on any atom is -0.455 e. The Labute approximate surface area is 194 Å². The van der Waals surface area contributed by atoms with Gasteiger partial charge in [-0.1, -0.05) is 97.6 Å². The molecule has 0 aliphatic carbocycles. The molecule has 0 bridgehead atoms. The number of hydrogen-bond acceptors (Lipinski definition) is 2. The van der Waals surface area contributed by atoms with Crippen molar-refractivity contribution in [1.82, 2.24) is 4.98 Å². The Bertz CT molecular complexity index is 1640. The van der Waals surface area contributed by atoms with Crippen LogP contribution in [-0.2, 0) is 0 Å². The van der Waals surface area contributed by atoms with Crippen LogP contribution in [0.5, 0.6) is 0 Å². The summed E-state index contributed by atoms with van der Waals surface area (Å²) in [5.41, 5.74) is 7.37. The normalized spacial score (nSPS) is 12.1. The van der Waals surface area contributed by atoms with Gasteiger partial charge in [-0.3, -0.25) is 0 Å². The number of aromatic nitrogens is 1. The van der Waals surface area contributed by atoms with Crippen molar-refractivity contribution in [3.8, 4) is 22.4 Å². The summed E-state index contributed by atoms with van der Waals surface area (Å²) in [6.07, 6.45) is 0. The fourth-order valence-corrected chi connectivity index (χ4v) is 6.46. The summed E-state index contributed by atoms with van der Waals surface area (Å²) in [6, 6.07) is 34.1. The molecule has 3 heteroatoms. The lowest BCUT2D eigenvalue weighted by Gasteiger charge is -2.23. The first-order valence-corrected chi connectivity index (χ1v) is 14.9. The molecule has 0 saturated carbocycles. The Morgan fingerprint density at radius 1 is 0.636 bits per heavy atom. The molecule has 0 saturated heterocycles. The molecular formula is C30H25NOSi. The van der Waals surface area contributed by atoms with E-state index in [9.17, 15) is 0 Å². The van der Waals surface area contributed by atoms with Crippen LogP contribution in [0.4, 0.5) is 0 Å². The predicted octanol–water partition coefficient (Wildman–Crippen LogP) is 8.01. The van der Waals surface area contributed by atoms with E-state index in [1.54, 1.807) is 0 Å². The standard InChI is InChI=1S/C30H25NOSi/c1-33(2,3)28-19-18-25-23(29(28)20-10-5-4-6-11-20)16-17-26(31-25)24-14-9-13-22-21-12-7-8-15-27(21)32-30(22)24/h4-19H,1-3H3. The van der Waals surface area contributed by atoms with Gasteiger partial charge in [0.2, 0.25) is 0 Å². The van der Waals surface area contributed by atoms with Gasteiger partial charge in [-0.2, -0.15) is 0 Å². The highest BCUT2D eigenvalue weighted by Gasteiger charge is 2.23. The highest BCUT2D eigenvalue weighted by molar-refractivity contribution is 6.90. The van der Waals surface area contributed by atoms with Crippen LogP contribution in [0.15, 0.2) is 101 Å². The fourth-order valence-electron chi connectivity index (χ4n) is 4.84. The molecule has 0 atom stereocenters. The highest BCUT2D eigenvalue weighted by atomic mass is 28.3. The summed E-state index contributed by atoms with van der Waals surface area (Å²) in [4.78, 5) is 5.13. The van der Waals surface area contributed by atoms with E-state index in [2.05, 4.69) is 105 Å². The van der Waals surface area contributed by atoms with E-state index in [-0.39, 0.29) is 0 Å². The van der Waals surface area contributed by atoms with Gasteiger partial charge in [0.15, 0.2) is 0 Å². The molecule has 2 nitrogen and oxygen atoms in total. The number of fused-ring (bicyclic) bond motifs is 4. The van der Waals surface area contributed by atoms with Crippen molar-refractivity contribution >= 4 is 46.1 Å². The molecule has 2 heterocycles. The Balaban J connectivity index is 1.60. The molecule has 160 valence electrons. The molecule has 4 aromatic carbocycles. The maximum absolute atomic E-state index is 6.27. The van der Waals surface area contributed by atoms with E-state index in [1.807, 2.05) is 12.1 Å². The molecule has 0 amide bonds. The third kappa shape index (κ3) is 3.28. The summed E-state index contributed by atoms with van der Waals surface area (Å²) >= 11 is 0. The Kier molecular flexibility index (Phi) is 4.49. The van der Waals surface area contributed by atoms with Gasteiger partial charge in [0.05, 0.1) is 19.3 Å². The first kappa shape index (κ1) is 20.0. The number of nitrogens with zero attached hydrogens (tertiary/aromatic N) is 1. The lowest BCUT2D eigenvalue weighted by atomic mass is 9.99. The van der Waals surface area contributed by atoms with Crippen LogP contribution in [0, 0.1) is 0 Å². The molecule has 0 aliphatic heterocycles. The molecule has 0 spiro atoms. The Hall–Kier alpha value is -3.69. The van der Waals surface area contributed by atoms with Crippen LogP contribution in [-0.4, -0.2) is 13.1 Å². The molecule has 6 aromatic rings. The number of para-hydroxylation sites is 2. The monoisotopic (exact) mass is 443 g/mol. The number of hydrogen-bond donors (Lipinski definition) is 0. The van der Waals surface area contributed by atoms with Crippen molar-refractivity contribution < 1.29 is 4.42 Å². The van der Waals surface area contributed by atoms with Gasteiger partial charge in [0, 0.05) is 21.7 Å². The molecule has 0 radical (unpaired) electrons. The van der Waals surface area contributed by atoms with Gasteiger partial charge in [0.25, 0.3) is 0 Å². The molecule has 0 N–H and O–H groups in total. The van der Waals surface area contributed by atoms with Gasteiger partial charge in [-0.15, -0.1) is 0 Å². The average Bonchev–Trinajstić information content (AvgIpc) is 3.22. The Morgan fingerprint density at radius 3 is 2.21 bits per heavy atom. The maximum Gasteiger partial charge on any atom is 0.144 e. The second-order valence-corrected chi connectivity index (χ2v) is 14.7. The van der Waals surface area contributed by atoms with E-state index < -0.39 is 8.07 Å². The average molecular weight is 444 g/mol. The van der Waals surface area contributed by atoms with Gasteiger partial charge < -0.3 is 4.42 Å². The Morgan fingerprint density at radius 2 is 1.39 bits per heavy atom. The first-order chi connectivity index (χ1) is 16.0. The lowest BCUT2D eigenvalue weighted by molar-refractivity contribution is 0.670. The summed E-state index contributed by atoms with van der Waals surface area (Å²) in [5.74, 6) is 0. The van der Waals surface area contributed by atoms with Gasteiger partial charge in [0.1, 0.15) is 11.2 Å². The second kappa shape index (κ2) is 7.43. The number of furan rings is 1. The van der Waals surface area contributed by atoms with Crippen LogP contribution in [0.3, 0.4) is 0 Å². The minimum atomic E-state index is -1.55. The summed E-state index contributed by atoms with van der Waals surface area (Å²) in [7, 11) is -1.55. The van der Waals surface area contributed by atoms with E-state index in [1.165, 1.54) is 21.7 Å². The molecule has 2 aromatic heterocycles. The van der Waals surface area contributed by atoms with Crippen LogP contribution in [0.25, 0.3) is 55.2 Å². The van der Waals surface area contributed by atoms with Crippen LogP contribution >= 0.6 is 0 Å². The van der Waals surface area contributed by atoms with E-state index in [0.717, 1.165) is 38.7 Å². The number of pyridine rings is 1. The van der Waals surface area contributed by atoms with Gasteiger partial charge in [-0.05, 0) is 35.4 Å². The smallest absolute Gasteiger partial charge is 0.144 e. The highest BCUT2D eigenvalue weighted by Crippen LogP contribution is 2.36. The topological polar surface area (TPSA) is 26.0 Å². The molecule has 6 rings (SSSR count). The van der Waals surface area contributed by atoms with Crippen molar-refractivity contribution in [2.75, 3.05) is 0 Å². The van der Waals surface area contributed by atoms with E-state index in [4.69, 9.17) is 9.40 Å². The zero-order valence-corrected chi connectivity index (χ0v) is 20.1. The third-order valence-electron chi connectivity index (χ3n) is 6.42. The van der Waals surface area contributed by atoms with Crippen molar-refractivity contribution in [2.24, 2.45) is 0 Å². The third-order valence-corrected chi connectivity index (χ3v) is 8.45. The number of benzene rings is 4. The molecule has 0 aliphatic rings.